The summed E-state index contributed by atoms with van der Waals surface area (Å²) in [6.07, 6.45) is 1.48. The van der Waals surface area contributed by atoms with Gasteiger partial charge >= 0.3 is 0 Å². The number of nitrogens with two attached hydrogens (primary N) is 1. The van der Waals surface area contributed by atoms with E-state index >= 15 is 0 Å². The monoisotopic (exact) mass is 331 g/mol. The van der Waals surface area contributed by atoms with Crippen LogP contribution in [0.25, 0.3) is 0 Å². The lowest BCUT2D eigenvalue weighted by molar-refractivity contribution is 0.185. The zero-order chi connectivity index (χ0) is 17.4. The first kappa shape index (κ1) is 17.9. The summed E-state index contributed by atoms with van der Waals surface area (Å²) in [6, 6.07) is 7.84. The molecule has 0 fully saturated rings. The average molecular weight is 331 g/mol. The van der Waals surface area contributed by atoms with Crippen molar-refractivity contribution in [3.63, 3.8) is 0 Å². The molecule has 3 N–H and O–H groups in total. The molecule has 0 aliphatic rings. The van der Waals surface area contributed by atoms with Gasteiger partial charge in [0, 0.05) is 37.2 Å². The van der Waals surface area contributed by atoms with E-state index in [1.54, 1.807) is 7.11 Å². The third-order valence-corrected chi connectivity index (χ3v) is 3.41. The zero-order valence-electron chi connectivity index (χ0n) is 14.5. The summed E-state index contributed by atoms with van der Waals surface area (Å²) in [5, 5.41) is 7.05. The van der Waals surface area contributed by atoms with Gasteiger partial charge in [-0.25, -0.2) is 0 Å². The number of aliphatic imine (C=N–C) groups is 1. The number of methoxy groups -OCH3 is 1. The Kier molecular flexibility index (Phi) is 6.74. The number of rotatable bonds is 8. The van der Waals surface area contributed by atoms with Gasteiger partial charge in [-0.2, -0.15) is 4.98 Å². The van der Waals surface area contributed by atoms with Crippen molar-refractivity contribution < 1.29 is 9.26 Å². The minimum atomic E-state index is 0.271. The summed E-state index contributed by atoms with van der Waals surface area (Å²) in [5.41, 5.74) is 7.88. The van der Waals surface area contributed by atoms with Crippen LogP contribution in [0.15, 0.2) is 33.8 Å². The van der Waals surface area contributed by atoms with E-state index in [0.717, 1.165) is 23.5 Å². The van der Waals surface area contributed by atoms with E-state index in [4.69, 9.17) is 15.0 Å². The SMILES string of the molecule is COCc1ccccc1NC(N)=NCCCc1nc(C(C)C)no1. The molecule has 0 aliphatic carbocycles. The van der Waals surface area contributed by atoms with Crippen molar-refractivity contribution in [1.29, 1.82) is 0 Å². The normalized spacial score (nSPS) is 11.9. The van der Waals surface area contributed by atoms with Crippen LogP contribution in [0.5, 0.6) is 0 Å². The minimum Gasteiger partial charge on any atom is -0.380 e. The topological polar surface area (TPSA) is 98.6 Å². The molecule has 0 amide bonds. The smallest absolute Gasteiger partial charge is 0.226 e. The summed E-state index contributed by atoms with van der Waals surface area (Å²) >= 11 is 0. The number of anilines is 1. The number of benzene rings is 1. The van der Waals surface area contributed by atoms with E-state index in [2.05, 4.69) is 20.4 Å². The van der Waals surface area contributed by atoms with Gasteiger partial charge in [-0.15, -0.1) is 0 Å². The summed E-state index contributed by atoms with van der Waals surface area (Å²) in [7, 11) is 1.66. The first-order valence-corrected chi connectivity index (χ1v) is 8.06. The quantitative estimate of drug-likeness (QED) is 0.438. The molecule has 0 saturated carbocycles. The van der Waals surface area contributed by atoms with E-state index in [1.807, 2.05) is 38.1 Å². The molecule has 0 saturated heterocycles. The zero-order valence-corrected chi connectivity index (χ0v) is 14.5. The number of ether oxygens (including phenoxy) is 1. The van der Waals surface area contributed by atoms with Gasteiger partial charge in [0.25, 0.3) is 0 Å². The first-order chi connectivity index (χ1) is 11.6. The van der Waals surface area contributed by atoms with Crippen LogP contribution in [0.1, 0.15) is 43.5 Å². The maximum atomic E-state index is 5.94. The summed E-state index contributed by atoms with van der Waals surface area (Å²) in [6.45, 7) is 5.18. The third kappa shape index (κ3) is 5.34. The fourth-order valence-electron chi connectivity index (χ4n) is 2.14. The van der Waals surface area contributed by atoms with Gasteiger partial charge in [0.1, 0.15) is 0 Å². The Morgan fingerprint density at radius 1 is 1.38 bits per heavy atom. The molecular formula is C17H25N5O2. The number of para-hydroxylation sites is 1. The van der Waals surface area contributed by atoms with Gasteiger partial charge in [0.05, 0.1) is 6.61 Å². The van der Waals surface area contributed by atoms with Crippen LogP contribution in [0.2, 0.25) is 0 Å². The Balaban J connectivity index is 1.81. The number of aromatic nitrogens is 2. The van der Waals surface area contributed by atoms with Crippen LogP contribution in [0.3, 0.4) is 0 Å². The molecule has 7 heteroatoms. The highest BCUT2D eigenvalue weighted by Gasteiger charge is 2.09. The molecule has 1 aromatic heterocycles. The van der Waals surface area contributed by atoms with Crippen molar-refractivity contribution in [2.75, 3.05) is 19.0 Å². The van der Waals surface area contributed by atoms with Crippen LogP contribution in [0, 0.1) is 0 Å². The minimum absolute atomic E-state index is 0.271. The van der Waals surface area contributed by atoms with E-state index in [1.165, 1.54) is 0 Å². The number of aryl methyl sites for hydroxylation is 1. The number of guanidine groups is 1. The van der Waals surface area contributed by atoms with Crippen LogP contribution in [0.4, 0.5) is 5.69 Å². The van der Waals surface area contributed by atoms with E-state index < -0.39 is 0 Å². The Bertz CT molecular complexity index is 667. The summed E-state index contributed by atoms with van der Waals surface area (Å²) < 4.78 is 10.4. The van der Waals surface area contributed by atoms with Crippen molar-refractivity contribution >= 4 is 11.6 Å². The highest BCUT2D eigenvalue weighted by atomic mass is 16.5. The molecule has 1 aromatic carbocycles. The van der Waals surface area contributed by atoms with Gasteiger partial charge in [-0.1, -0.05) is 37.2 Å². The van der Waals surface area contributed by atoms with E-state index in [-0.39, 0.29) is 5.92 Å². The second-order valence-corrected chi connectivity index (χ2v) is 5.79. The second-order valence-electron chi connectivity index (χ2n) is 5.79. The Morgan fingerprint density at radius 2 is 2.17 bits per heavy atom. The molecule has 2 aromatic rings. The fourth-order valence-corrected chi connectivity index (χ4v) is 2.14. The third-order valence-electron chi connectivity index (χ3n) is 3.41. The van der Waals surface area contributed by atoms with Crippen LogP contribution in [-0.4, -0.2) is 29.8 Å². The fraction of sp³-hybridized carbons (Fsp3) is 0.471. The van der Waals surface area contributed by atoms with Crippen LogP contribution in [-0.2, 0) is 17.8 Å². The van der Waals surface area contributed by atoms with E-state index in [0.29, 0.717) is 31.4 Å². The van der Waals surface area contributed by atoms with Crippen LogP contribution < -0.4 is 11.1 Å². The molecule has 130 valence electrons. The largest absolute Gasteiger partial charge is 0.380 e. The van der Waals surface area contributed by atoms with E-state index in [9.17, 15) is 0 Å². The molecule has 0 radical (unpaired) electrons. The number of hydrogen-bond donors (Lipinski definition) is 2. The van der Waals surface area contributed by atoms with Crippen LogP contribution >= 0.6 is 0 Å². The van der Waals surface area contributed by atoms with Gasteiger partial charge in [-0.05, 0) is 12.5 Å². The standard InChI is InChI=1S/C17H25N5O2/c1-12(2)16-21-15(24-22-16)9-6-10-19-17(18)20-14-8-5-4-7-13(14)11-23-3/h4-5,7-8,12H,6,9-11H2,1-3H3,(H3,18,19,20). The molecule has 0 bridgehead atoms. The van der Waals surface area contributed by atoms with Gasteiger partial charge in [0.2, 0.25) is 5.89 Å². The highest BCUT2D eigenvalue weighted by molar-refractivity contribution is 5.92. The predicted octanol–water partition coefficient (Wildman–Crippen LogP) is 2.70. The van der Waals surface area contributed by atoms with Crippen molar-refractivity contribution in [1.82, 2.24) is 10.1 Å². The van der Waals surface area contributed by atoms with Crippen molar-refractivity contribution in [2.24, 2.45) is 10.7 Å². The molecule has 0 atom stereocenters. The second kappa shape index (κ2) is 9.02. The first-order valence-electron chi connectivity index (χ1n) is 8.06. The number of nitrogens with zero attached hydrogens (tertiary/aromatic N) is 3. The van der Waals surface area contributed by atoms with Crippen molar-refractivity contribution in [3.8, 4) is 0 Å². The maximum absolute atomic E-state index is 5.94. The lowest BCUT2D eigenvalue weighted by Crippen LogP contribution is -2.23. The van der Waals surface area contributed by atoms with Gasteiger partial charge in [0.15, 0.2) is 11.8 Å². The van der Waals surface area contributed by atoms with Gasteiger partial charge in [-0.3, -0.25) is 4.99 Å². The molecular weight excluding hydrogens is 306 g/mol. The lowest BCUT2D eigenvalue weighted by atomic mass is 10.2. The van der Waals surface area contributed by atoms with Crippen molar-refractivity contribution in [2.45, 2.75) is 39.2 Å². The highest BCUT2D eigenvalue weighted by Crippen LogP contribution is 2.15. The lowest BCUT2D eigenvalue weighted by Gasteiger charge is -2.10. The average Bonchev–Trinajstić information content (AvgIpc) is 3.03. The number of hydrogen-bond acceptors (Lipinski definition) is 5. The molecule has 1 heterocycles. The molecule has 7 nitrogen and oxygen atoms in total. The molecule has 2 rings (SSSR count). The molecule has 0 aliphatic heterocycles. The summed E-state index contributed by atoms with van der Waals surface area (Å²) in [5.74, 6) is 2.04. The van der Waals surface area contributed by atoms with Crippen molar-refractivity contribution in [3.05, 3.63) is 41.5 Å². The molecule has 0 unspecified atom stereocenters. The maximum Gasteiger partial charge on any atom is 0.226 e. The molecule has 0 spiro atoms. The summed E-state index contributed by atoms with van der Waals surface area (Å²) in [4.78, 5) is 8.67. The molecule has 24 heavy (non-hydrogen) atoms. The Labute approximate surface area is 142 Å². The Hall–Kier alpha value is -2.41. The number of nitrogens with one attached hydrogen (secondary N) is 1. The van der Waals surface area contributed by atoms with Gasteiger partial charge < -0.3 is 20.3 Å². The Morgan fingerprint density at radius 3 is 2.88 bits per heavy atom. The predicted molar refractivity (Wildman–Crippen MR) is 94.0 cm³/mol.